The summed E-state index contributed by atoms with van der Waals surface area (Å²) in [4.78, 5) is 55.8. The smallest absolute Gasteiger partial charge is 0.407 e. The molecular weight excluding hydrogens is 548 g/mol. The van der Waals surface area contributed by atoms with E-state index in [1.54, 1.807) is 23.1 Å². The lowest BCUT2D eigenvalue weighted by molar-refractivity contribution is -0.146. The number of nitrogens with one attached hydrogen (secondary N) is 2. The number of rotatable bonds is 7. The summed E-state index contributed by atoms with van der Waals surface area (Å²) < 4.78 is 0. The highest BCUT2D eigenvalue weighted by atomic mass is 16.4. The van der Waals surface area contributed by atoms with Crippen molar-refractivity contribution in [2.45, 2.75) is 95.4 Å². The Morgan fingerprint density at radius 1 is 0.953 bits per heavy atom. The van der Waals surface area contributed by atoms with E-state index in [1.807, 2.05) is 18.2 Å². The van der Waals surface area contributed by atoms with Crippen LogP contribution in [0.3, 0.4) is 0 Å². The van der Waals surface area contributed by atoms with Gasteiger partial charge in [-0.2, -0.15) is 0 Å². The Bertz CT molecular complexity index is 1370. The molecule has 0 spiro atoms. The lowest BCUT2D eigenvalue weighted by Crippen LogP contribution is -2.61. The van der Waals surface area contributed by atoms with E-state index in [0.717, 1.165) is 73.0 Å². The minimum atomic E-state index is -1.24. The third-order valence-corrected chi connectivity index (χ3v) is 9.54. The molecule has 43 heavy (non-hydrogen) atoms. The third-order valence-electron chi connectivity index (χ3n) is 9.54. The van der Waals surface area contributed by atoms with Crippen molar-refractivity contribution in [3.63, 3.8) is 0 Å². The highest BCUT2D eigenvalue weighted by Crippen LogP contribution is 2.33. The third kappa shape index (κ3) is 6.63. The van der Waals surface area contributed by atoms with Crippen LogP contribution in [0, 0.1) is 5.92 Å². The number of hydrogen-bond donors (Lipinski definition) is 4. The molecule has 3 aliphatic rings. The first kappa shape index (κ1) is 30.4. The summed E-state index contributed by atoms with van der Waals surface area (Å²) in [5.74, 6) is -1.21. The molecule has 0 bridgehead atoms. The van der Waals surface area contributed by atoms with Crippen LogP contribution in [0.5, 0.6) is 5.75 Å². The van der Waals surface area contributed by atoms with Crippen LogP contribution < -0.4 is 10.6 Å². The van der Waals surface area contributed by atoms with Gasteiger partial charge in [0, 0.05) is 20.0 Å². The van der Waals surface area contributed by atoms with E-state index in [9.17, 15) is 29.4 Å². The lowest BCUT2D eigenvalue weighted by atomic mass is 9.82. The van der Waals surface area contributed by atoms with E-state index in [4.69, 9.17) is 0 Å². The minimum absolute atomic E-state index is 0.0792. The number of phenols is 1. The van der Waals surface area contributed by atoms with E-state index in [1.165, 1.54) is 19.5 Å². The fraction of sp³-hybridized carbons (Fsp3) is 0.515. The number of nitrogens with zero attached hydrogens (tertiary/aromatic N) is 2. The van der Waals surface area contributed by atoms with E-state index in [2.05, 4.69) is 16.7 Å². The summed E-state index contributed by atoms with van der Waals surface area (Å²) in [6, 6.07) is 10.3. The first-order valence-corrected chi connectivity index (χ1v) is 15.4. The average molecular weight is 591 g/mol. The van der Waals surface area contributed by atoms with Gasteiger partial charge in [-0.1, -0.05) is 49.6 Å². The highest BCUT2D eigenvalue weighted by Gasteiger charge is 2.42. The van der Waals surface area contributed by atoms with Crippen LogP contribution in [0.4, 0.5) is 4.79 Å². The number of benzene rings is 2. The second kappa shape index (κ2) is 13.1. The summed E-state index contributed by atoms with van der Waals surface area (Å²) in [5, 5.41) is 25.7. The van der Waals surface area contributed by atoms with E-state index in [-0.39, 0.29) is 42.5 Å². The maximum absolute atomic E-state index is 14.5. The summed E-state index contributed by atoms with van der Waals surface area (Å²) >= 11 is 0. The summed E-state index contributed by atoms with van der Waals surface area (Å²) in [6.07, 6.45) is 6.18. The number of likely N-dealkylation sites (N-methyl/N-ethyl adjacent to an activating group) is 1. The molecule has 2 aliphatic carbocycles. The summed E-state index contributed by atoms with van der Waals surface area (Å²) in [6.45, 7) is 1.61. The molecular formula is C33H42N4O6. The zero-order chi connectivity index (χ0) is 30.7. The Morgan fingerprint density at radius 2 is 1.70 bits per heavy atom. The zero-order valence-corrected chi connectivity index (χ0v) is 24.9. The molecule has 0 radical (unpaired) electrons. The van der Waals surface area contributed by atoms with Crippen molar-refractivity contribution in [3.8, 4) is 5.75 Å². The standard InChI is InChI=1S/C33H42N4O6/c1-20(36(2)33(42)43)30(39)35-29(22-10-4-3-5-11-22)32(41)37-19-24-17-25(38)16-15-23(24)18-28(37)31(40)34-27-14-8-12-21-9-6-7-13-26(21)27/h6-7,9,13,15-17,20,22,27-29,38H,3-5,8,10-12,14,18-19H2,1-2H3,(H,34,40)(H,35,39)(H,42,43)/t20-,27-,28+,29-/m0/s1. The number of amides is 4. The van der Waals surface area contributed by atoms with E-state index in [0.29, 0.717) is 0 Å². The molecule has 4 amide bonds. The number of hydrogen-bond acceptors (Lipinski definition) is 5. The first-order valence-electron chi connectivity index (χ1n) is 15.4. The SMILES string of the molecule is C[C@@H](C(=O)N[C@H](C(=O)N1Cc2cc(O)ccc2C[C@@H]1C(=O)N[C@H]1CCCc2ccccc21)C1CCCCC1)N(C)C(=O)O. The Kier molecular flexibility index (Phi) is 9.22. The van der Waals surface area contributed by atoms with Gasteiger partial charge in [0.05, 0.1) is 6.04 Å². The fourth-order valence-electron chi connectivity index (χ4n) is 6.85. The number of aromatic hydroxyl groups is 1. The van der Waals surface area contributed by atoms with Crippen LogP contribution in [-0.4, -0.2) is 69.0 Å². The van der Waals surface area contributed by atoms with Crippen molar-refractivity contribution in [2.75, 3.05) is 7.05 Å². The van der Waals surface area contributed by atoms with Gasteiger partial charge >= 0.3 is 6.09 Å². The van der Waals surface area contributed by atoms with Gasteiger partial charge in [0.15, 0.2) is 0 Å². The quantitative estimate of drug-likeness (QED) is 0.386. The van der Waals surface area contributed by atoms with Gasteiger partial charge < -0.3 is 25.7 Å². The molecule has 1 fully saturated rings. The Hall–Kier alpha value is -4.08. The maximum Gasteiger partial charge on any atom is 0.407 e. The Morgan fingerprint density at radius 3 is 2.44 bits per heavy atom. The number of fused-ring (bicyclic) bond motifs is 2. The van der Waals surface area contributed by atoms with Gasteiger partial charge in [0.1, 0.15) is 23.9 Å². The van der Waals surface area contributed by atoms with Crippen LogP contribution in [0.1, 0.15) is 80.2 Å². The number of carbonyl (C=O) groups excluding carboxylic acids is 3. The lowest BCUT2D eigenvalue weighted by Gasteiger charge is -2.41. The molecule has 10 heteroatoms. The maximum atomic E-state index is 14.5. The molecule has 0 saturated heterocycles. The van der Waals surface area contributed by atoms with Crippen molar-refractivity contribution in [2.24, 2.45) is 5.92 Å². The summed E-state index contributed by atoms with van der Waals surface area (Å²) in [7, 11) is 1.32. The molecule has 230 valence electrons. The number of carboxylic acid groups (broad SMARTS) is 1. The average Bonchev–Trinajstić information content (AvgIpc) is 3.02. The van der Waals surface area contributed by atoms with Gasteiger partial charge in [0.25, 0.3) is 0 Å². The zero-order valence-electron chi connectivity index (χ0n) is 24.9. The molecule has 0 aromatic heterocycles. The Balaban J connectivity index is 1.44. The highest BCUT2D eigenvalue weighted by molar-refractivity contribution is 5.94. The fourth-order valence-corrected chi connectivity index (χ4v) is 6.85. The number of aryl methyl sites for hydroxylation is 1. The molecule has 1 aliphatic heterocycles. The molecule has 4 N–H and O–H groups in total. The normalized spacial score (nSPS) is 21.5. The van der Waals surface area contributed by atoms with E-state index < -0.39 is 30.1 Å². The van der Waals surface area contributed by atoms with Gasteiger partial charge in [-0.15, -0.1) is 0 Å². The van der Waals surface area contributed by atoms with E-state index >= 15 is 0 Å². The number of phenolic OH excluding ortho intramolecular Hbond substituents is 1. The Labute approximate surface area is 252 Å². The summed E-state index contributed by atoms with van der Waals surface area (Å²) in [5.41, 5.74) is 3.97. The van der Waals surface area contributed by atoms with Gasteiger partial charge in [0.2, 0.25) is 17.7 Å². The van der Waals surface area contributed by atoms with Crippen LogP contribution in [0.15, 0.2) is 42.5 Å². The first-order chi connectivity index (χ1) is 20.6. The van der Waals surface area contributed by atoms with Crippen molar-refractivity contribution in [1.82, 2.24) is 20.4 Å². The minimum Gasteiger partial charge on any atom is -0.508 e. The second-order valence-electron chi connectivity index (χ2n) is 12.2. The molecule has 1 heterocycles. The van der Waals surface area contributed by atoms with Crippen molar-refractivity contribution < 1.29 is 29.4 Å². The molecule has 2 aromatic carbocycles. The molecule has 10 nitrogen and oxygen atoms in total. The van der Waals surface area contributed by atoms with Crippen LogP contribution >= 0.6 is 0 Å². The second-order valence-corrected chi connectivity index (χ2v) is 12.2. The van der Waals surface area contributed by atoms with Crippen molar-refractivity contribution in [1.29, 1.82) is 0 Å². The van der Waals surface area contributed by atoms with Crippen molar-refractivity contribution >= 4 is 23.8 Å². The molecule has 5 rings (SSSR count). The number of carbonyl (C=O) groups is 4. The van der Waals surface area contributed by atoms with Crippen LogP contribution in [0.25, 0.3) is 0 Å². The van der Waals surface area contributed by atoms with Gasteiger partial charge in [-0.25, -0.2) is 4.79 Å². The van der Waals surface area contributed by atoms with Gasteiger partial charge in [-0.3, -0.25) is 19.3 Å². The monoisotopic (exact) mass is 590 g/mol. The van der Waals surface area contributed by atoms with Gasteiger partial charge in [-0.05, 0) is 79.3 Å². The predicted octanol–water partition coefficient (Wildman–Crippen LogP) is 3.90. The van der Waals surface area contributed by atoms with Crippen molar-refractivity contribution in [3.05, 3.63) is 64.7 Å². The van der Waals surface area contributed by atoms with Crippen LogP contribution in [0.2, 0.25) is 0 Å². The largest absolute Gasteiger partial charge is 0.508 e. The predicted molar refractivity (Wildman–Crippen MR) is 160 cm³/mol. The molecule has 2 aromatic rings. The topological polar surface area (TPSA) is 139 Å². The van der Waals surface area contributed by atoms with Crippen LogP contribution in [-0.2, 0) is 33.8 Å². The molecule has 0 unspecified atom stereocenters. The molecule has 4 atom stereocenters. The molecule has 1 saturated carbocycles.